The lowest BCUT2D eigenvalue weighted by Crippen LogP contribution is -1.96. The van der Waals surface area contributed by atoms with Gasteiger partial charge in [0.05, 0.1) is 0 Å². The van der Waals surface area contributed by atoms with Crippen LogP contribution >= 0.6 is 7.37 Å². The van der Waals surface area contributed by atoms with Crippen LogP contribution < -0.4 is 0 Å². The summed E-state index contributed by atoms with van der Waals surface area (Å²) in [7, 11) is -2.80. The molecule has 0 heterocycles. The van der Waals surface area contributed by atoms with Crippen molar-refractivity contribution in [2.24, 2.45) is 0 Å². The van der Waals surface area contributed by atoms with Crippen molar-refractivity contribution in [3.05, 3.63) is 0 Å². The predicted molar refractivity (Wildman–Crippen MR) is 96.3 cm³/mol. The van der Waals surface area contributed by atoms with Crippen LogP contribution in [0.3, 0.4) is 0 Å². The van der Waals surface area contributed by atoms with Gasteiger partial charge in [-0.25, -0.2) is 0 Å². The second-order valence-corrected chi connectivity index (χ2v) is 8.42. The van der Waals surface area contributed by atoms with E-state index in [1.165, 1.54) is 51.4 Å². The first-order valence-corrected chi connectivity index (χ1v) is 10.5. The van der Waals surface area contributed by atoms with Crippen molar-refractivity contribution >= 4 is 24.7 Å². The van der Waals surface area contributed by atoms with Gasteiger partial charge in [0, 0.05) is 12.3 Å². The summed E-state index contributed by atoms with van der Waals surface area (Å²) < 4.78 is 11.9. The highest BCUT2D eigenvalue weighted by molar-refractivity contribution is 7.57. The summed E-state index contributed by atoms with van der Waals surface area (Å²) in [6.45, 7) is 4.42. The summed E-state index contributed by atoms with van der Waals surface area (Å²) in [4.78, 5) is 9.88. The monoisotopic (exact) mass is 320 g/mol. The topological polar surface area (TPSA) is 37.3 Å². The average molecular weight is 320 g/mol. The maximum Gasteiger partial charge on any atom is 0.200 e. The van der Waals surface area contributed by atoms with Crippen molar-refractivity contribution in [1.29, 1.82) is 0 Å². The third-order valence-corrected chi connectivity index (χ3v) is 5.75. The zero-order valence-electron chi connectivity index (χ0n) is 13.2. The van der Waals surface area contributed by atoms with E-state index in [0.29, 0.717) is 12.3 Å². The van der Waals surface area contributed by atoms with E-state index >= 15 is 0 Å². The lowest BCUT2D eigenvalue weighted by molar-refractivity contribution is 0.469. The first kappa shape index (κ1) is 23.0. The van der Waals surface area contributed by atoms with Crippen LogP contribution in [0.25, 0.3) is 0 Å². The van der Waals surface area contributed by atoms with Gasteiger partial charge in [-0.05, 0) is 12.8 Å². The third-order valence-electron chi connectivity index (χ3n) is 3.72. The molecule has 0 spiro atoms. The highest BCUT2D eigenvalue weighted by Crippen LogP contribution is 2.42. The van der Waals surface area contributed by atoms with Crippen molar-refractivity contribution in [3.8, 4) is 0 Å². The molecule has 0 aromatic heterocycles. The van der Waals surface area contributed by atoms with Crippen molar-refractivity contribution in [2.75, 3.05) is 12.3 Å². The molecule has 0 aromatic carbocycles. The Kier molecular flexibility index (Phi) is 18.5. The molecular formula is C16H38AlO2P. The lowest BCUT2D eigenvalue weighted by atomic mass is 10.1. The van der Waals surface area contributed by atoms with Crippen LogP contribution in [0.1, 0.15) is 90.9 Å². The first-order chi connectivity index (χ1) is 9.12. The molecule has 0 radical (unpaired) electrons. The van der Waals surface area contributed by atoms with E-state index in [4.69, 9.17) is 0 Å². The van der Waals surface area contributed by atoms with Gasteiger partial charge in [0.25, 0.3) is 0 Å². The molecule has 122 valence electrons. The summed E-state index contributed by atoms with van der Waals surface area (Å²) in [5.41, 5.74) is 0. The summed E-state index contributed by atoms with van der Waals surface area (Å²) >= 11 is 0. The molecule has 4 heteroatoms. The Morgan fingerprint density at radius 1 is 0.650 bits per heavy atom. The maximum atomic E-state index is 11.9. The molecule has 0 rings (SSSR count). The summed E-state index contributed by atoms with van der Waals surface area (Å²) in [5.74, 6) is 0. The van der Waals surface area contributed by atoms with E-state index in [9.17, 15) is 9.46 Å². The number of hydrogen-bond donors (Lipinski definition) is 1. The molecule has 1 N–H and O–H groups in total. The van der Waals surface area contributed by atoms with Crippen LogP contribution in [-0.4, -0.2) is 34.6 Å². The van der Waals surface area contributed by atoms with Crippen LogP contribution in [0.4, 0.5) is 0 Å². The summed E-state index contributed by atoms with van der Waals surface area (Å²) in [5, 5.41) is 0. The fourth-order valence-corrected chi connectivity index (χ4v) is 4.05. The highest BCUT2D eigenvalue weighted by Gasteiger charge is 2.16. The van der Waals surface area contributed by atoms with E-state index < -0.39 is 7.37 Å². The fraction of sp³-hybridized carbons (Fsp3) is 1.00. The van der Waals surface area contributed by atoms with Gasteiger partial charge >= 0.3 is 0 Å². The number of unbranched alkanes of at least 4 members (excludes halogenated alkanes) is 10. The Hall–Kier alpha value is 0.722. The van der Waals surface area contributed by atoms with Gasteiger partial charge in [-0.3, -0.25) is 4.57 Å². The second kappa shape index (κ2) is 16.1. The quantitative estimate of drug-likeness (QED) is 0.284. The van der Waals surface area contributed by atoms with E-state index in [1.807, 2.05) is 0 Å². The van der Waals surface area contributed by atoms with Crippen molar-refractivity contribution in [2.45, 2.75) is 90.9 Å². The Morgan fingerprint density at radius 3 is 1.30 bits per heavy atom. The molecular weight excluding hydrogens is 282 g/mol. The molecule has 0 aliphatic rings. The molecule has 0 bridgehead atoms. The zero-order chi connectivity index (χ0) is 14.4. The van der Waals surface area contributed by atoms with E-state index in [-0.39, 0.29) is 17.4 Å². The maximum absolute atomic E-state index is 11.9. The average Bonchev–Trinajstić information content (AvgIpc) is 2.38. The van der Waals surface area contributed by atoms with Gasteiger partial charge in [0.15, 0.2) is 17.4 Å². The Balaban J connectivity index is 0. The summed E-state index contributed by atoms with van der Waals surface area (Å²) in [6, 6.07) is 0. The van der Waals surface area contributed by atoms with Crippen LogP contribution in [-0.2, 0) is 4.57 Å². The minimum Gasteiger partial charge on any atom is -0.344 e. The smallest absolute Gasteiger partial charge is 0.200 e. The van der Waals surface area contributed by atoms with Gasteiger partial charge in [0.2, 0.25) is 7.37 Å². The van der Waals surface area contributed by atoms with Crippen LogP contribution in [0.15, 0.2) is 0 Å². The molecule has 20 heavy (non-hydrogen) atoms. The van der Waals surface area contributed by atoms with Crippen molar-refractivity contribution in [3.63, 3.8) is 0 Å². The van der Waals surface area contributed by atoms with Crippen molar-refractivity contribution in [1.82, 2.24) is 0 Å². The van der Waals surface area contributed by atoms with Gasteiger partial charge in [-0.2, -0.15) is 0 Å². The molecule has 0 aromatic rings. The van der Waals surface area contributed by atoms with Gasteiger partial charge in [-0.1, -0.05) is 78.1 Å². The number of rotatable bonds is 14. The summed E-state index contributed by atoms with van der Waals surface area (Å²) in [6.07, 6.45) is 15.4. The van der Waals surface area contributed by atoms with Gasteiger partial charge < -0.3 is 4.89 Å². The molecule has 0 saturated heterocycles. The first-order valence-electron chi connectivity index (χ1n) is 8.43. The van der Waals surface area contributed by atoms with Crippen LogP contribution in [0, 0.1) is 0 Å². The molecule has 0 atom stereocenters. The van der Waals surface area contributed by atoms with E-state index in [2.05, 4.69) is 13.8 Å². The Bertz CT molecular complexity index is 215. The minimum atomic E-state index is -2.80. The SMILES string of the molecule is CCCCCCCCP(=O)(O)CCCCCCCC.[AlH3]. The minimum absolute atomic E-state index is 0. The Labute approximate surface area is 137 Å². The molecule has 0 fully saturated rings. The highest BCUT2D eigenvalue weighted by atomic mass is 31.2. The predicted octanol–water partition coefficient (Wildman–Crippen LogP) is 4.79. The molecule has 0 aliphatic heterocycles. The molecule has 0 aliphatic carbocycles. The largest absolute Gasteiger partial charge is 0.344 e. The molecule has 0 saturated carbocycles. The van der Waals surface area contributed by atoms with Crippen LogP contribution in [0.5, 0.6) is 0 Å². The van der Waals surface area contributed by atoms with Gasteiger partial charge in [-0.15, -0.1) is 0 Å². The van der Waals surface area contributed by atoms with E-state index in [1.54, 1.807) is 0 Å². The zero-order valence-corrected chi connectivity index (χ0v) is 14.1. The molecule has 0 amide bonds. The second-order valence-electron chi connectivity index (χ2n) is 5.83. The van der Waals surface area contributed by atoms with Crippen LogP contribution in [0.2, 0.25) is 0 Å². The fourth-order valence-electron chi connectivity index (χ4n) is 2.39. The van der Waals surface area contributed by atoms with Crippen molar-refractivity contribution < 1.29 is 9.46 Å². The lowest BCUT2D eigenvalue weighted by Gasteiger charge is -2.11. The van der Waals surface area contributed by atoms with E-state index in [0.717, 1.165) is 25.7 Å². The normalized spacial score (nSPS) is 11.3. The molecule has 0 unspecified atom stereocenters. The Morgan fingerprint density at radius 2 is 0.950 bits per heavy atom. The third kappa shape index (κ3) is 16.8. The standard InChI is InChI=1S/C16H35O2P.Al.3H/c1-3-5-7-9-11-13-15-19(17,18)16-14-12-10-8-6-4-2;;;;/h3-16H2,1-2H3,(H,17,18);;;;. The molecule has 2 nitrogen and oxygen atoms in total. The van der Waals surface area contributed by atoms with Gasteiger partial charge in [0.1, 0.15) is 0 Å². The number of hydrogen-bond acceptors (Lipinski definition) is 1.